The van der Waals surface area contributed by atoms with E-state index in [9.17, 15) is 0 Å². The van der Waals surface area contributed by atoms with Gasteiger partial charge >= 0.3 is 7.12 Å². The second-order valence-electron chi connectivity index (χ2n) is 8.59. The standard InChI is InChI=1S/C16H36N.C10H9BO2/c1-5-9-13-17(14-10-6-2,15-11-7-3)16-12-8-4;12-11(13)10-7-3-5-8-4-1-2-6-9(8)10/h5-16H2,1-4H3;1-7,12-13H/q+1;. The zero-order valence-electron chi connectivity index (χ0n) is 19.9. The maximum atomic E-state index is 9.08. The Hall–Kier alpha value is -1.36. The Morgan fingerprint density at radius 2 is 1.07 bits per heavy atom. The van der Waals surface area contributed by atoms with Gasteiger partial charge in [-0.15, -0.1) is 0 Å². The Kier molecular flexibility index (Phi) is 13.7. The fourth-order valence-electron chi connectivity index (χ4n) is 4.12. The van der Waals surface area contributed by atoms with Crippen molar-refractivity contribution in [3.8, 4) is 0 Å². The summed E-state index contributed by atoms with van der Waals surface area (Å²) < 4.78 is 1.42. The van der Waals surface area contributed by atoms with E-state index in [2.05, 4.69) is 27.7 Å². The minimum absolute atomic E-state index is 0.554. The molecule has 0 spiro atoms. The maximum absolute atomic E-state index is 9.08. The summed E-state index contributed by atoms with van der Waals surface area (Å²) in [4.78, 5) is 0. The van der Waals surface area contributed by atoms with Crippen LogP contribution in [-0.4, -0.2) is 47.8 Å². The lowest BCUT2D eigenvalue weighted by atomic mass is 9.77. The number of hydrogen-bond donors (Lipinski definition) is 2. The summed E-state index contributed by atoms with van der Waals surface area (Å²) in [5, 5.41) is 20.1. The first-order valence-corrected chi connectivity index (χ1v) is 12.2. The molecule has 0 aliphatic heterocycles. The number of unbranched alkanes of at least 4 members (excludes halogenated alkanes) is 4. The second kappa shape index (κ2) is 15.4. The van der Waals surface area contributed by atoms with Gasteiger partial charge in [-0.05, 0) is 41.9 Å². The van der Waals surface area contributed by atoms with Gasteiger partial charge in [0.05, 0.1) is 26.2 Å². The van der Waals surface area contributed by atoms with E-state index in [0.717, 1.165) is 10.8 Å². The minimum atomic E-state index is -1.40. The summed E-state index contributed by atoms with van der Waals surface area (Å²) in [5.41, 5.74) is 0.554. The van der Waals surface area contributed by atoms with E-state index in [1.54, 1.807) is 6.07 Å². The van der Waals surface area contributed by atoms with Crippen LogP contribution in [0.25, 0.3) is 10.8 Å². The Bertz CT molecular complexity index is 647. The highest BCUT2D eigenvalue weighted by Gasteiger charge is 2.24. The normalized spacial score (nSPS) is 11.3. The third-order valence-electron chi connectivity index (χ3n) is 6.05. The smallest absolute Gasteiger partial charge is 0.423 e. The van der Waals surface area contributed by atoms with Crippen LogP contribution in [0.15, 0.2) is 42.5 Å². The topological polar surface area (TPSA) is 40.5 Å². The van der Waals surface area contributed by atoms with Gasteiger partial charge in [0.15, 0.2) is 0 Å². The molecule has 0 atom stereocenters. The molecule has 0 saturated heterocycles. The zero-order chi connectivity index (χ0) is 22.2. The van der Waals surface area contributed by atoms with E-state index in [-0.39, 0.29) is 0 Å². The zero-order valence-corrected chi connectivity index (χ0v) is 19.9. The lowest BCUT2D eigenvalue weighted by Crippen LogP contribution is -2.50. The fraction of sp³-hybridized carbons (Fsp3) is 0.615. The number of hydrogen-bond acceptors (Lipinski definition) is 2. The molecule has 2 rings (SSSR count). The molecule has 0 bridgehead atoms. The van der Waals surface area contributed by atoms with Crippen molar-refractivity contribution < 1.29 is 14.5 Å². The van der Waals surface area contributed by atoms with Gasteiger partial charge in [-0.1, -0.05) is 95.8 Å². The van der Waals surface area contributed by atoms with Crippen molar-refractivity contribution in [1.82, 2.24) is 0 Å². The molecular formula is C26H45BNO2+. The molecule has 4 heteroatoms. The van der Waals surface area contributed by atoms with E-state index >= 15 is 0 Å². The number of rotatable bonds is 13. The summed E-state index contributed by atoms with van der Waals surface area (Å²) in [6.45, 7) is 15.0. The van der Waals surface area contributed by atoms with Crippen LogP contribution < -0.4 is 5.46 Å². The molecule has 0 unspecified atom stereocenters. The Morgan fingerprint density at radius 1 is 0.633 bits per heavy atom. The van der Waals surface area contributed by atoms with Crippen LogP contribution in [0.5, 0.6) is 0 Å². The number of fused-ring (bicyclic) bond motifs is 1. The molecule has 0 radical (unpaired) electrons. The van der Waals surface area contributed by atoms with Crippen molar-refractivity contribution in [2.75, 3.05) is 26.2 Å². The Labute approximate surface area is 185 Å². The summed E-state index contributed by atoms with van der Waals surface area (Å²) in [5.74, 6) is 0. The van der Waals surface area contributed by atoms with Gasteiger partial charge in [0.1, 0.15) is 0 Å². The van der Waals surface area contributed by atoms with Crippen LogP contribution in [-0.2, 0) is 0 Å². The maximum Gasteiger partial charge on any atom is 0.489 e. The van der Waals surface area contributed by atoms with Crippen molar-refractivity contribution >= 4 is 23.4 Å². The molecule has 0 heterocycles. The monoisotopic (exact) mass is 414 g/mol. The van der Waals surface area contributed by atoms with Gasteiger partial charge in [-0.25, -0.2) is 0 Å². The quantitative estimate of drug-likeness (QED) is 0.335. The summed E-state index contributed by atoms with van der Waals surface area (Å²) in [6.07, 6.45) is 11.1. The van der Waals surface area contributed by atoms with Crippen LogP contribution >= 0.6 is 0 Å². The van der Waals surface area contributed by atoms with Crippen molar-refractivity contribution in [3.63, 3.8) is 0 Å². The Balaban J connectivity index is 0.000000308. The number of benzene rings is 2. The van der Waals surface area contributed by atoms with Crippen molar-refractivity contribution in [1.29, 1.82) is 0 Å². The molecule has 0 fully saturated rings. The molecular weight excluding hydrogens is 369 g/mol. The van der Waals surface area contributed by atoms with Gasteiger partial charge in [0.2, 0.25) is 0 Å². The highest BCUT2D eigenvalue weighted by molar-refractivity contribution is 6.61. The third-order valence-corrected chi connectivity index (χ3v) is 6.05. The van der Waals surface area contributed by atoms with E-state index in [4.69, 9.17) is 10.0 Å². The largest absolute Gasteiger partial charge is 0.489 e. The molecule has 2 aromatic carbocycles. The predicted octanol–water partition coefficient (Wildman–Crippen LogP) is 5.52. The molecule has 3 nitrogen and oxygen atoms in total. The lowest BCUT2D eigenvalue weighted by Gasteiger charge is -2.39. The molecule has 30 heavy (non-hydrogen) atoms. The van der Waals surface area contributed by atoms with Gasteiger partial charge in [-0.3, -0.25) is 0 Å². The molecule has 0 aliphatic carbocycles. The first-order chi connectivity index (χ1) is 14.5. The average molecular weight is 414 g/mol. The van der Waals surface area contributed by atoms with Crippen LogP contribution in [0.2, 0.25) is 0 Å². The van der Waals surface area contributed by atoms with Crippen molar-refractivity contribution in [3.05, 3.63) is 42.5 Å². The molecule has 0 aromatic heterocycles. The lowest BCUT2D eigenvalue weighted by molar-refractivity contribution is -0.929. The molecule has 2 aromatic rings. The predicted molar refractivity (Wildman–Crippen MR) is 133 cm³/mol. The minimum Gasteiger partial charge on any atom is -0.423 e. The van der Waals surface area contributed by atoms with Crippen molar-refractivity contribution in [2.45, 2.75) is 79.1 Å². The SMILES string of the molecule is CCCC[N+](CCCC)(CCCC)CCCC.OB(O)c1cccc2ccccc12. The first kappa shape index (κ1) is 26.7. The van der Waals surface area contributed by atoms with Crippen molar-refractivity contribution in [2.24, 2.45) is 0 Å². The highest BCUT2D eigenvalue weighted by Crippen LogP contribution is 2.16. The summed E-state index contributed by atoms with van der Waals surface area (Å²) in [7, 11) is -1.40. The fourth-order valence-corrected chi connectivity index (χ4v) is 4.12. The van der Waals surface area contributed by atoms with Gasteiger partial charge < -0.3 is 14.5 Å². The average Bonchev–Trinajstić information content (AvgIpc) is 2.78. The molecule has 0 saturated carbocycles. The number of quaternary nitrogens is 1. The van der Waals surface area contributed by atoms with E-state index < -0.39 is 7.12 Å². The van der Waals surface area contributed by atoms with Gasteiger partial charge in [-0.2, -0.15) is 0 Å². The van der Waals surface area contributed by atoms with Crippen LogP contribution in [0.4, 0.5) is 0 Å². The van der Waals surface area contributed by atoms with E-state index in [1.807, 2.05) is 36.4 Å². The Morgan fingerprint density at radius 3 is 1.50 bits per heavy atom. The van der Waals surface area contributed by atoms with Gasteiger partial charge in [0.25, 0.3) is 0 Å². The van der Waals surface area contributed by atoms with Crippen LogP contribution in [0.3, 0.4) is 0 Å². The van der Waals surface area contributed by atoms with E-state index in [1.165, 1.54) is 82.0 Å². The van der Waals surface area contributed by atoms with Gasteiger partial charge in [0, 0.05) is 0 Å². The number of nitrogens with zero attached hydrogens (tertiary/aromatic N) is 1. The van der Waals surface area contributed by atoms with Crippen LogP contribution in [0.1, 0.15) is 79.1 Å². The third kappa shape index (κ3) is 9.20. The summed E-state index contributed by atoms with van der Waals surface area (Å²) in [6, 6.07) is 13.1. The molecule has 0 aliphatic rings. The first-order valence-electron chi connectivity index (χ1n) is 12.2. The second-order valence-corrected chi connectivity index (χ2v) is 8.59. The molecule has 168 valence electrons. The molecule has 0 amide bonds. The molecule has 2 N–H and O–H groups in total. The highest BCUT2D eigenvalue weighted by atomic mass is 16.4. The van der Waals surface area contributed by atoms with E-state index in [0.29, 0.717) is 5.46 Å². The summed E-state index contributed by atoms with van der Waals surface area (Å²) >= 11 is 0. The van der Waals surface area contributed by atoms with Crippen LogP contribution in [0, 0.1) is 0 Å².